The first-order valence-electron chi connectivity index (χ1n) is 5.61. The number of para-hydroxylation sites is 1. The van der Waals surface area contributed by atoms with Crippen molar-refractivity contribution in [3.63, 3.8) is 0 Å². The number of hydrogen-bond acceptors (Lipinski definition) is 3. The molecular weight excluding hydrogens is 223 g/mol. The molecule has 0 unspecified atom stereocenters. The van der Waals surface area contributed by atoms with Gasteiger partial charge in [-0.3, -0.25) is 0 Å². The normalized spacial score (nSPS) is 18.6. The average Bonchev–Trinajstić information content (AvgIpc) is 2.33. The number of carboxylic acids is 1. The van der Waals surface area contributed by atoms with Gasteiger partial charge in [-0.15, -0.1) is 0 Å². The highest BCUT2D eigenvalue weighted by Gasteiger charge is 2.39. The quantitative estimate of drug-likeness (QED) is 0.745. The van der Waals surface area contributed by atoms with E-state index < -0.39 is 17.3 Å². The number of piperidine rings is 1. The standard InChI is InChI=1S/C12H15FN2O2/c13-9-3-1-2-4-10(9)15-12(11(16)17)5-7-14-8-6-12/h1-4,14-15H,5-8H2,(H,16,17). The predicted octanol–water partition coefficient (Wildman–Crippen LogP) is 1.44. The van der Waals surface area contributed by atoms with Gasteiger partial charge in [0.1, 0.15) is 11.4 Å². The molecule has 3 N–H and O–H groups in total. The Morgan fingerprint density at radius 3 is 2.59 bits per heavy atom. The van der Waals surface area contributed by atoms with Crippen molar-refractivity contribution in [3.8, 4) is 0 Å². The van der Waals surface area contributed by atoms with Gasteiger partial charge in [0, 0.05) is 0 Å². The van der Waals surface area contributed by atoms with Crippen LogP contribution in [0.25, 0.3) is 0 Å². The van der Waals surface area contributed by atoms with Crippen molar-refractivity contribution in [2.75, 3.05) is 18.4 Å². The van der Waals surface area contributed by atoms with Gasteiger partial charge in [0.2, 0.25) is 0 Å². The number of halogens is 1. The molecule has 0 aromatic heterocycles. The fourth-order valence-corrected chi connectivity index (χ4v) is 2.07. The summed E-state index contributed by atoms with van der Waals surface area (Å²) in [5, 5.41) is 15.3. The number of benzene rings is 1. The first-order chi connectivity index (χ1) is 8.14. The molecule has 0 spiro atoms. The molecule has 92 valence electrons. The van der Waals surface area contributed by atoms with Crippen molar-refractivity contribution in [2.24, 2.45) is 0 Å². The number of hydrogen-bond donors (Lipinski definition) is 3. The summed E-state index contributed by atoms with van der Waals surface area (Å²) < 4.78 is 13.5. The number of anilines is 1. The molecule has 1 aliphatic heterocycles. The second-order valence-corrected chi connectivity index (χ2v) is 4.24. The first-order valence-corrected chi connectivity index (χ1v) is 5.61. The molecule has 5 heteroatoms. The van der Waals surface area contributed by atoms with Crippen molar-refractivity contribution in [2.45, 2.75) is 18.4 Å². The summed E-state index contributed by atoms with van der Waals surface area (Å²) >= 11 is 0. The van der Waals surface area contributed by atoms with Crippen LogP contribution in [0.2, 0.25) is 0 Å². The van der Waals surface area contributed by atoms with Crippen LogP contribution in [0, 0.1) is 5.82 Å². The van der Waals surface area contributed by atoms with E-state index in [0.29, 0.717) is 25.9 Å². The molecule has 1 saturated heterocycles. The Bertz CT molecular complexity index is 417. The van der Waals surface area contributed by atoms with Crippen LogP contribution in [0.15, 0.2) is 24.3 Å². The molecule has 0 bridgehead atoms. The second kappa shape index (κ2) is 4.71. The second-order valence-electron chi connectivity index (χ2n) is 4.24. The van der Waals surface area contributed by atoms with Gasteiger partial charge in [-0.25, -0.2) is 9.18 Å². The van der Waals surface area contributed by atoms with Gasteiger partial charge in [-0.05, 0) is 38.1 Å². The van der Waals surface area contributed by atoms with Crippen LogP contribution >= 0.6 is 0 Å². The van der Waals surface area contributed by atoms with Gasteiger partial charge in [0.25, 0.3) is 0 Å². The van der Waals surface area contributed by atoms with E-state index in [2.05, 4.69) is 10.6 Å². The minimum atomic E-state index is -1.06. The highest BCUT2D eigenvalue weighted by molar-refractivity contribution is 5.83. The molecule has 0 amide bonds. The molecule has 2 rings (SSSR count). The molecule has 1 aliphatic rings. The highest BCUT2D eigenvalue weighted by atomic mass is 19.1. The summed E-state index contributed by atoms with van der Waals surface area (Å²) in [7, 11) is 0. The van der Waals surface area contributed by atoms with Crippen molar-refractivity contribution >= 4 is 11.7 Å². The van der Waals surface area contributed by atoms with Crippen LogP contribution in [0.1, 0.15) is 12.8 Å². The zero-order chi connectivity index (χ0) is 12.3. The van der Waals surface area contributed by atoms with E-state index in [1.54, 1.807) is 18.2 Å². The lowest BCUT2D eigenvalue weighted by molar-refractivity contribution is -0.143. The van der Waals surface area contributed by atoms with E-state index in [4.69, 9.17) is 0 Å². The Kier molecular flexibility index (Phi) is 3.28. The number of aliphatic carboxylic acids is 1. The lowest BCUT2D eigenvalue weighted by Crippen LogP contribution is -2.53. The van der Waals surface area contributed by atoms with Crippen molar-refractivity contribution in [1.29, 1.82) is 0 Å². The summed E-state index contributed by atoms with van der Waals surface area (Å²) in [6, 6.07) is 6.14. The zero-order valence-electron chi connectivity index (χ0n) is 9.37. The SMILES string of the molecule is O=C(O)C1(Nc2ccccc2F)CCNCC1. The van der Waals surface area contributed by atoms with Gasteiger partial charge in [0.15, 0.2) is 0 Å². The van der Waals surface area contributed by atoms with E-state index in [9.17, 15) is 14.3 Å². The van der Waals surface area contributed by atoms with Crippen LogP contribution in [-0.2, 0) is 4.79 Å². The summed E-state index contributed by atoms with van der Waals surface area (Å²) in [6.07, 6.45) is 0.882. The summed E-state index contributed by atoms with van der Waals surface area (Å²) in [6.45, 7) is 1.24. The largest absolute Gasteiger partial charge is 0.480 e. The lowest BCUT2D eigenvalue weighted by atomic mass is 9.88. The molecule has 0 saturated carbocycles. The fourth-order valence-electron chi connectivity index (χ4n) is 2.07. The van der Waals surface area contributed by atoms with Gasteiger partial charge >= 0.3 is 5.97 Å². The number of rotatable bonds is 3. The third kappa shape index (κ3) is 2.39. The Morgan fingerprint density at radius 2 is 2.00 bits per heavy atom. The summed E-state index contributed by atoms with van der Waals surface area (Å²) in [5.74, 6) is -1.35. The Labute approximate surface area is 98.8 Å². The molecule has 1 fully saturated rings. The van der Waals surface area contributed by atoms with E-state index in [1.807, 2.05) is 0 Å². The van der Waals surface area contributed by atoms with Crippen molar-refractivity contribution < 1.29 is 14.3 Å². The Hall–Kier alpha value is -1.62. The van der Waals surface area contributed by atoms with Gasteiger partial charge < -0.3 is 15.7 Å². The van der Waals surface area contributed by atoms with Gasteiger partial charge in [0.05, 0.1) is 5.69 Å². The topological polar surface area (TPSA) is 61.4 Å². The van der Waals surface area contributed by atoms with Crippen LogP contribution in [0.5, 0.6) is 0 Å². The maximum absolute atomic E-state index is 13.5. The van der Waals surface area contributed by atoms with Crippen molar-refractivity contribution in [1.82, 2.24) is 5.32 Å². The molecule has 0 atom stereocenters. The lowest BCUT2D eigenvalue weighted by Gasteiger charge is -2.35. The third-order valence-electron chi connectivity index (χ3n) is 3.11. The van der Waals surface area contributed by atoms with E-state index in [1.165, 1.54) is 6.07 Å². The molecule has 1 heterocycles. The van der Waals surface area contributed by atoms with Crippen LogP contribution < -0.4 is 10.6 Å². The summed E-state index contributed by atoms with van der Waals surface area (Å²) in [4.78, 5) is 11.4. The maximum Gasteiger partial charge on any atom is 0.329 e. The van der Waals surface area contributed by atoms with E-state index in [0.717, 1.165) is 0 Å². The van der Waals surface area contributed by atoms with Crippen molar-refractivity contribution in [3.05, 3.63) is 30.1 Å². The molecule has 17 heavy (non-hydrogen) atoms. The molecule has 0 radical (unpaired) electrons. The third-order valence-corrected chi connectivity index (χ3v) is 3.11. The zero-order valence-corrected chi connectivity index (χ0v) is 9.37. The van der Waals surface area contributed by atoms with Gasteiger partial charge in [-0.2, -0.15) is 0 Å². The molecule has 4 nitrogen and oxygen atoms in total. The highest BCUT2D eigenvalue weighted by Crippen LogP contribution is 2.26. The Balaban J connectivity index is 2.24. The van der Waals surface area contributed by atoms with E-state index in [-0.39, 0.29) is 5.69 Å². The number of carboxylic acid groups (broad SMARTS) is 1. The maximum atomic E-state index is 13.5. The predicted molar refractivity (Wildman–Crippen MR) is 62.5 cm³/mol. The van der Waals surface area contributed by atoms with E-state index >= 15 is 0 Å². The fraction of sp³-hybridized carbons (Fsp3) is 0.417. The number of carbonyl (C=O) groups is 1. The van der Waals surface area contributed by atoms with Crippen LogP contribution in [0.3, 0.4) is 0 Å². The molecule has 0 aliphatic carbocycles. The van der Waals surface area contributed by atoms with Gasteiger partial charge in [-0.1, -0.05) is 12.1 Å². The average molecular weight is 238 g/mol. The number of nitrogens with one attached hydrogen (secondary N) is 2. The molecule has 1 aromatic carbocycles. The smallest absolute Gasteiger partial charge is 0.329 e. The minimum absolute atomic E-state index is 0.247. The molecular formula is C12H15FN2O2. The Morgan fingerprint density at radius 1 is 1.35 bits per heavy atom. The molecule has 1 aromatic rings. The minimum Gasteiger partial charge on any atom is -0.480 e. The van der Waals surface area contributed by atoms with Crippen LogP contribution in [0.4, 0.5) is 10.1 Å². The summed E-state index contributed by atoms with van der Waals surface area (Å²) in [5.41, 5.74) is -0.815. The van der Waals surface area contributed by atoms with Crippen LogP contribution in [-0.4, -0.2) is 29.7 Å². The first kappa shape index (κ1) is 11.9. The monoisotopic (exact) mass is 238 g/mol.